The third-order valence-corrected chi connectivity index (χ3v) is 2.80. The van der Waals surface area contributed by atoms with E-state index in [9.17, 15) is 4.79 Å². The minimum absolute atomic E-state index is 0.219. The van der Waals surface area contributed by atoms with Gasteiger partial charge in [0.1, 0.15) is 0 Å². The number of likely N-dealkylation sites (N-methyl/N-ethyl adjacent to an activating group) is 1. The molecule has 0 atom stereocenters. The minimum Gasteiger partial charge on any atom is -0.361 e. The number of nitrogens with zero attached hydrogens (tertiary/aromatic N) is 2. The van der Waals surface area contributed by atoms with Crippen LogP contribution in [0.5, 0.6) is 0 Å². The smallest absolute Gasteiger partial charge is 0.241 e. The molecule has 0 saturated carbocycles. The third-order valence-electron chi connectivity index (χ3n) is 2.80. The van der Waals surface area contributed by atoms with Gasteiger partial charge in [-0.05, 0) is 18.9 Å². The fourth-order valence-electron chi connectivity index (χ4n) is 1.81. The van der Waals surface area contributed by atoms with Gasteiger partial charge in [-0.1, -0.05) is 12.2 Å². The highest BCUT2D eigenvalue weighted by molar-refractivity contribution is 5.79. The average molecular weight is 192 g/mol. The number of rotatable bonds is 1. The molecular formula is C11H16N2O. The highest BCUT2D eigenvalue weighted by atomic mass is 16.2. The molecule has 1 saturated heterocycles. The van der Waals surface area contributed by atoms with E-state index in [2.05, 4.69) is 23.1 Å². The topological polar surface area (TPSA) is 23.6 Å². The van der Waals surface area contributed by atoms with Gasteiger partial charge in [-0.15, -0.1) is 0 Å². The summed E-state index contributed by atoms with van der Waals surface area (Å²) in [6.45, 7) is 2.33. The Bertz CT molecular complexity index is 294. The lowest BCUT2D eigenvalue weighted by Gasteiger charge is -2.34. The SMILES string of the molecule is CN1CCN(C2=CCCC=C2)CC1=O. The molecule has 1 aliphatic carbocycles. The van der Waals surface area contributed by atoms with Gasteiger partial charge in [0.05, 0.1) is 6.54 Å². The number of piperazine rings is 1. The van der Waals surface area contributed by atoms with Crippen LogP contribution in [0.4, 0.5) is 0 Å². The van der Waals surface area contributed by atoms with Gasteiger partial charge < -0.3 is 9.80 Å². The van der Waals surface area contributed by atoms with Crippen LogP contribution in [0, 0.1) is 0 Å². The van der Waals surface area contributed by atoms with Crippen molar-refractivity contribution in [2.24, 2.45) is 0 Å². The Morgan fingerprint density at radius 3 is 2.79 bits per heavy atom. The monoisotopic (exact) mass is 192 g/mol. The number of hydrogen-bond donors (Lipinski definition) is 0. The Balaban J connectivity index is 2.02. The molecule has 0 spiro atoms. The lowest BCUT2D eigenvalue weighted by molar-refractivity contribution is -0.133. The quantitative estimate of drug-likeness (QED) is 0.618. The lowest BCUT2D eigenvalue weighted by atomic mass is 10.1. The molecule has 1 fully saturated rings. The number of carbonyl (C=O) groups is 1. The van der Waals surface area contributed by atoms with Crippen LogP contribution < -0.4 is 0 Å². The van der Waals surface area contributed by atoms with Gasteiger partial charge >= 0.3 is 0 Å². The summed E-state index contributed by atoms with van der Waals surface area (Å²) in [6.07, 6.45) is 8.76. The standard InChI is InChI=1S/C11H16N2O/c1-12-7-8-13(9-11(12)14)10-5-3-2-4-6-10/h3,5-6H,2,4,7-9H2,1H3. The number of carbonyl (C=O) groups excluding carboxylic acids is 1. The first-order valence-corrected chi connectivity index (χ1v) is 5.13. The maximum Gasteiger partial charge on any atom is 0.241 e. The predicted molar refractivity (Wildman–Crippen MR) is 55.7 cm³/mol. The summed E-state index contributed by atoms with van der Waals surface area (Å²) in [6, 6.07) is 0. The molecule has 3 heteroatoms. The maximum atomic E-state index is 11.5. The summed E-state index contributed by atoms with van der Waals surface area (Å²) in [4.78, 5) is 15.4. The average Bonchev–Trinajstić information content (AvgIpc) is 2.23. The molecule has 1 amide bonds. The molecule has 14 heavy (non-hydrogen) atoms. The first-order valence-electron chi connectivity index (χ1n) is 5.13. The van der Waals surface area contributed by atoms with Gasteiger partial charge in [0.25, 0.3) is 0 Å². The highest BCUT2D eigenvalue weighted by Gasteiger charge is 2.21. The molecule has 3 nitrogen and oxygen atoms in total. The Morgan fingerprint density at radius 1 is 1.29 bits per heavy atom. The predicted octanol–water partition coefficient (Wildman–Crippen LogP) is 0.994. The van der Waals surface area contributed by atoms with Crippen molar-refractivity contribution in [2.75, 3.05) is 26.7 Å². The van der Waals surface area contributed by atoms with E-state index in [1.807, 2.05) is 7.05 Å². The van der Waals surface area contributed by atoms with Crippen molar-refractivity contribution >= 4 is 5.91 Å². The van der Waals surface area contributed by atoms with E-state index in [4.69, 9.17) is 0 Å². The van der Waals surface area contributed by atoms with Crippen molar-refractivity contribution in [1.82, 2.24) is 9.80 Å². The molecule has 1 aliphatic heterocycles. The second-order valence-electron chi connectivity index (χ2n) is 3.85. The van der Waals surface area contributed by atoms with E-state index in [1.165, 1.54) is 5.70 Å². The molecule has 1 heterocycles. The van der Waals surface area contributed by atoms with Crippen molar-refractivity contribution in [3.8, 4) is 0 Å². The Kier molecular flexibility index (Phi) is 2.57. The molecule has 0 aromatic heterocycles. The number of amides is 1. The molecule has 2 aliphatic rings. The van der Waals surface area contributed by atoms with E-state index in [0.29, 0.717) is 6.54 Å². The zero-order valence-corrected chi connectivity index (χ0v) is 8.57. The highest BCUT2D eigenvalue weighted by Crippen LogP contribution is 2.16. The summed E-state index contributed by atoms with van der Waals surface area (Å²) < 4.78 is 0. The lowest BCUT2D eigenvalue weighted by Crippen LogP contribution is -2.47. The third kappa shape index (κ3) is 1.81. The van der Waals surface area contributed by atoms with Gasteiger partial charge in [0.15, 0.2) is 0 Å². The largest absolute Gasteiger partial charge is 0.361 e. The van der Waals surface area contributed by atoms with Crippen LogP contribution in [0.15, 0.2) is 23.9 Å². The zero-order valence-electron chi connectivity index (χ0n) is 8.57. The fourth-order valence-corrected chi connectivity index (χ4v) is 1.81. The van der Waals surface area contributed by atoms with Crippen molar-refractivity contribution in [3.05, 3.63) is 23.9 Å². The molecule has 0 radical (unpaired) electrons. The van der Waals surface area contributed by atoms with Crippen molar-refractivity contribution in [3.63, 3.8) is 0 Å². The normalized spacial score (nSPS) is 22.6. The fraction of sp³-hybridized carbons (Fsp3) is 0.545. The second kappa shape index (κ2) is 3.86. The molecule has 76 valence electrons. The van der Waals surface area contributed by atoms with Crippen molar-refractivity contribution < 1.29 is 4.79 Å². The summed E-state index contributed by atoms with van der Waals surface area (Å²) >= 11 is 0. The van der Waals surface area contributed by atoms with Crippen LogP contribution in [0.25, 0.3) is 0 Å². The van der Waals surface area contributed by atoms with Gasteiger partial charge in [0.2, 0.25) is 5.91 Å². The van der Waals surface area contributed by atoms with Crippen LogP contribution in [0.1, 0.15) is 12.8 Å². The molecular weight excluding hydrogens is 176 g/mol. The zero-order chi connectivity index (χ0) is 9.97. The Morgan fingerprint density at radius 2 is 2.14 bits per heavy atom. The van der Waals surface area contributed by atoms with Gasteiger partial charge in [-0.3, -0.25) is 4.79 Å². The molecule has 2 rings (SSSR count). The van der Waals surface area contributed by atoms with Crippen LogP contribution in [0.2, 0.25) is 0 Å². The summed E-state index contributed by atoms with van der Waals surface area (Å²) in [7, 11) is 1.87. The van der Waals surface area contributed by atoms with Crippen LogP contribution in [0.3, 0.4) is 0 Å². The van der Waals surface area contributed by atoms with Gasteiger partial charge in [0, 0.05) is 25.8 Å². The Hall–Kier alpha value is -1.25. The molecule has 0 aromatic rings. The van der Waals surface area contributed by atoms with Crippen molar-refractivity contribution in [2.45, 2.75) is 12.8 Å². The molecule has 0 bridgehead atoms. The summed E-state index contributed by atoms with van der Waals surface area (Å²) in [5.41, 5.74) is 1.22. The van der Waals surface area contributed by atoms with Gasteiger partial charge in [-0.25, -0.2) is 0 Å². The molecule has 0 N–H and O–H groups in total. The van der Waals surface area contributed by atoms with E-state index in [0.717, 1.165) is 25.9 Å². The minimum atomic E-state index is 0.219. The molecule has 0 aromatic carbocycles. The Labute approximate surface area is 84.7 Å². The summed E-state index contributed by atoms with van der Waals surface area (Å²) in [5, 5.41) is 0. The summed E-state index contributed by atoms with van der Waals surface area (Å²) in [5.74, 6) is 0.219. The van der Waals surface area contributed by atoms with Crippen LogP contribution in [-0.4, -0.2) is 42.4 Å². The van der Waals surface area contributed by atoms with Crippen molar-refractivity contribution in [1.29, 1.82) is 0 Å². The van der Waals surface area contributed by atoms with Crippen LogP contribution >= 0.6 is 0 Å². The number of allylic oxidation sites excluding steroid dienone is 3. The molecule has 0 unspecified atom stereocenters. The first-order chi connectivity index (χ1) is 6.77. The number of hydrogen-bond acceptors (Lipinski definition) is 2. The second-order valence-corrected chi connectivity index (χ2v) is 3.85. The maximum absolute atomic E-state index is 11.5. The van der Waals surface area contributed by atoms with E-state index in [-0.39, 0.29) is 5.91 Å². The van der Waals surface area contributed by atoms with E-state index < -0.39 is 0 Å². The van der Waals surface area contributed by atoms with Gasteiger partial charge in [-0.2, -0.15) is 0 Å². The van der Waals surface area contributed by atoms with E-state index in [1.54, 1.807) is 4.90 Å². The van der Waals surface area contributed by atoms with Crippen LogP contribution in [-0.2, 0) is 4.79 Å². The van der Waals surface area contributed by atoms with E-state index >= 15 is 0 Å². The first kappa shape index (κ1) is 9.31.